The molecule has 0 spiro atoms. The lowest BCUT2D eigenvalue weighted by Gasteiger charge is -2.27. The zero-order valence-electron chi connectivity index (χ0n) is 11.7. The van der Waals surface area contributed by atoms with Crippen LogP contribution in [0, 0.1) is 35.5 Å². The summed E-state index contributed by atoms with van der Waals surface area (Å²) in [6.45, 7) is 1.98. The SMILES string of the molecule is Cc1ccc(-n2ncc3c2NC(C(C#N)C#N)NC3=O)cc1. The molecule has 0 bridgehead atoms. The number of aryl methyl sites for hydroxylation is 1. The molecule has 0 aliphatic carbocycles. The van der Waals surface area contributed by atoms with Crippen LogP contribution < -0.4 is 10.6 Å². The van der Waals surface area contributed by atoms with Gasteiger partial charge in [-0.25, -0.2) is 4.68 Å². The van der Waals surface area contributed by atoms with E-state index in [0.29, 0.717) is 11.4 Å². The van der Waals surface area contributed by atoms with Gasteiger partial charge in [-0.1, -0.05) is 17.7 Å². The molecule has 7 nitrogen and oxygen atoms in total. The van der Waals surface area contributed by atoms with Crippen LogP contribution in [-0.4, -0.2) is 21.9 Å². The minimum absolute atomic E-state index is 0.354. The molecule has 2 heterocycles. The lowest BCUT2D eigenvalue weighted by atomic mass is 10.1. The number of amides is 1. The molecule has 22 heavy (non-hydrogen) atoms. The highest BCUT2D eigenvalue weighted by atomic mass is 16.2. The number of aromatic nitrogens is 2. The average Bonchev–Trinajstić information content (AvgIpc) is 2.94. The molecule has 0 saturated heterocycles. The number of rotatable bonds is 2. The molecule has 1 amide bonds. The summed E-state index contributed by atoms with van der Waals surface area (Å²) >= 11 is 0. The van der Waals surface area contributed by atoms with Gasteiger partial charge < -0.3 is 10.6 Å². The van der Waals surface area contributed by atoms with Gasteiger partial charge in [-0.05, 0) is 19.1 Å². The predicted octanol–water partition coefficient (Wildman–Crippen LogP) is 1.33. The van der Waals surface area contributed by atoms with Crippen LogP contribution in [0.25, 0.3) is 5.69 Å². The number of carbonyl (C=O) groups excluding carboxylic acids is 1. The lowest BCUT2D eigenvalue weighted by Crippen LogP contribution is -2.49. The van der Waals surface area contributed by atoms with E-state index in [2.05, 4.69) is 15.7 Å². The van der Waals surface area contributed by atoms with E-state index in [1.54, 1.807) is 4.68 Å². The van der Waals surface area contributed by atoms with E-state index < -0.39 is 12.1 Å². The molecule has 1 aliphatic rings. The van der Waals surface area contributed by atoms with Crippen LogP contribution in [0.4, 0.5) is 5.82 Å². The molecule has 2 N–H and O–H groups in total. The van der Waals surface area contributed by atoms with E-state index in [4.69, 9.17) is 10.5 Å². The Bertz CT molecular complexity index is 794. The van der Waals surface area contributed by atoms with Crippen molar-refractivity contribution in [3.05, 3.63) is 41.6 Å². The van der Waals surface area contributed by atoms with Crippen molar-refractivity contribution in [2.45, 2.75) is 13.1 Å². The Labute approximate surface area is 126 Å². The smallest absolute Gasteiger partial charge is 0.258 e. The third-order valence-corrected chi connectivity index (χ3v) is 3.48. The fourth-order valence-electron chi connectivity index (χ4n) is 2.28. The Morgan fingerprint density at radius 1 is 1.23 bits per heavy atom. The highest BCUT2D eigenvalue weighted by molar-refractivity contribution is 6.01. The van der Waals surface area contributed by atoms with Gasteiger partial charge in [0.1, 0.15) is 17.5 Å². The standard InChI is InChI=1S/C15H12N6O/c1-9-2-4-11(5-3-9)21-14-12(8-18-21)15(22)20-13(19-14)10(6-16)7-17/h2-5,8,10,13,19H,1H3,(H,20,22). The van der Waals surface area contributed by atoms with E-state index in [1.807, 2.05) is 43.3 Å². The number of nitriles is 2. The van der Waals surface area contributed by atoms with E-state index in [-0.39, 0.29) is 5.91 Å². The number of nitrogens with zero attached hydrogens (tertiary/aromatic N) is 4. The first-order valence-electron chi connectivity index (χ1n) is 6.65. The number of nitrogens with one attached hydrogen (secondary N) is 2. The molecule has 0 fully saturated rings. The summed E-state index contributed by atoms with van der Waals surface area (Å²) in [5, 5.41) is 27.8. The maximum atomic E-state index is 12.1. The zero-order chi connectivity index (χ0) is 15.7. The average molecular weight is 292 g/mol. The molecule has 108 valence electrons. The monoisotopic (exact) mass is 292 g/mol. The van der Waals surface area contributed by atoms with Crippen molar-refractivity contribution in [3.8, 4) is 17.8 Å². The fourth-order valence-corrected chi connectivity index (χ4v) is 2.28. The molecule has 3 rings (SSSR count). The van der Waals surface area contributed by atoms with E-state index in [0.717, 1.165) is 11.3 Å². The summed E-state index contributed by atoms with van der Waals surface area (Å²) in [7, 11) is 0. The summed E-state index contributed by atoms with van der Waals surface area (Å²) in [5.41, 5.74) is 2.28. The number of benzene rings is 1. The second kappa shape index (κ2) is 5.23. The third kappa shape index (κ3) is 2.15. The van der Waals surface area contributed by atoms with Gasteiger partial charge in [0, 0.05) is 0 Å². The van der Waals surface area contributed by atoms with Crippen molar-refractivity contribution in [1.82, 2.24) is 15.1 Å². The van der Waals surface area contributed by atoms with Gasteiger partial charge in [0.05, 0.1) is 24.0 Å². The summed E-state index contributed by atoms with van der Waals surface area (Å²) in [4.78, 5) is 12.1. The highest BCUT2D eigenvalue weighted by Crippen LogP contribution is 2.25. The van der Waals surface area contributed by atoms with Gasteiger partial charge in [-0.2, -0.15) is 15.6 Å². The van der Waals surface area contributed by atoms with Gasteiger partial charge in [-0.15, -0.1) is 0 Å². The van der Waals surface area contributed by atoms with Crippen molar-refractivity contribution in [1.29, 1.82) is 10.5 Å². The Balaban J connectivity index is 2.02. The number of anilines is 1. The largest absolute Gasteiger partial charge is 0.347 e. The summed E-state index contributed by atoms with van der Waals surface area (Å²) in [5.74, 6) is -0.862. The molecule has 2 aromatic rings. The van der Waals surface area contributed by atoms with E-state index in [1.165, 1.54) is 6.20 Å². The van der Waals surface area contributed by atoms with Gasteiger partial charge in [0.25, 0.3) is 5.91 Å². The van der Waals surface area contributed by atoms with Crippen LogP contribution >= 0.6 is 0 Å². The van der Waals surface area contributed by atoms with Crippen LogP contribution in [0.5, 0.6) is 0 Å². The molecule has 0 saturated carbocycles. The molecular weight excluding hydrogens is 280 g/mol. The van der Waals surface area contributed by atoms with Crippen molar-refractivity contribution in [2.75, 3.05) is 5.32 Å². The van der Waals surface area contributed by atoms with E-state index >= 15 is 0 Å². The zero-order valence-corrected chi connectivity index (χ0v) is 11.7. The molecule has 7 heteroatoms. The summed E-state index contributed by atoms with van der Waals surface area (Å²) < 4.78 is 1.59. The van der Waals surface area contributed by atoms with Crippen molar-refractivity contribution in [3.63, 3.8) is 0 Å². The molecular formula is C15H12N6O. The Hall–Kier alpha value is -3.32. The minimum atomic E-state index is -0.988. The summed E-state index contributed by atoms with van der Waals surface area (Å²) in [6.07, 6.45) is 0.692. The molecule has 1 unspecified atom stereocenters. The number of hydrogen-bond donors (Lipinski definition) is 2. The van der Waals surface area contributed by atoms with Gasteiger partial charge in [0.2, 0.25) is 0 Å². The fraction of sp³-hybridized carbons (Fsp3) is 0.200. The normalized spacial score (nSPS) is 16.2. The first-order chi connectivity index (χ1) is 10.6. The maximum Gasteiger partial charge on any atom is 0.258 e. The number of fused-ring (bicyclic) bond motifs is 1. The topological polar surface area (TPSA) is 107 Å². The van der Waals surface area contributed by atoms with Crippen molar-refractivity contribution < 1.29 is 4.79 Å². The molecule has 1 aromatic carbocycles. The van der Waals surface area contributed by atoms with Crippen LogP contribution in [-0.2, 0) is 0 Å². The Morgan fingerprint density at radius 3 is 2.55 bits per heavy atom. The Morgan fingerprint density at radius 2 is 1.91 bits per heavy atom. The Kier molecular flexibility index (Phi) is 3.24. The van der Waals surface area contributed by atoms with Crippen LogP contribution in [0.15, 0.2) is 30.5 Å². The first kappa shape index (κ1) is 13.7. The second-order valence-electron chi connectivity index (χ2n) is 4.99. The molecule has 1 atom stereocenters. The van der Waals surface area contributed by atoms with Crippen molar-refractivity contribution in [2.24, 2.45) is 5.92 Å². The maximum absolute atomic E-state index is 12.1. The first-order valence-corrected chi connectivity index (χ1v) is 6.65. The minimum Gasteiger partial charge on any atom is -0.347 e. The highest BCUT2D eigenvalue weighted by Gasteiger charge is 2.32. The number of carbonyl (C=O) groups is 1. The number of hydrogen-bond acceptors (Lipinski definition) is 5. The second-order valence-corrected chi connectivity index (χ2v) is 4.99. The quantitative estimate of drug-likeness (QED) is 0.868. The van der Waals surface area contributed by atoms with Gasteiger partial charge in [0.15, 0.2) is 5.92 Å². The lowest BCUT2D eigenvalue weighted by molar-refractivity contribution is 0.0932. The summed E-state index contributed by atoms with van der Waals surface area (Å²) in [6, 6.07) is 11.4. The van der Waals surface area contributed by atoms with Crippen LogP contribution in [0.1, 0.15) is 15.9 Å². The third-order valence-electron chi connectivity index (χ3n) is 3.48. The molecule has 1 aliphatic heterocycles. The van der Waals surface area contributed by atoms with E-state index in [9.17, 15) is 4.79 Å². The van der Waals surface area contributed by atoms with Gasteiger partial charge >= 0.3 is 0 Å². The molecule has 0 radical (unpaired) electrons. The van der Waals surface area contributed by atoms with Crippen LogP contribution in [0.3, 0.4) is 0 Å². The van der Waals surface area contributed by atoms with Crippen LogP contribution in [0.2, 0.25) is 0 Å². The van der Waals surface area contributed by atoms with Gasteiger partial charge in [-0.3, -0.25) is 4.79 Å². The van der Waals surface area contributed by atoms with Crippen molar-refractivity contribution >= 4 is 11.7 Å². The predicted molar refractivity (Wildman–Crippen MR) is 77.9 cm³/mol. The molecule has 1 aromatic heterocycles.